The molecule has 0 amide bonds. The maximum absolute atomic E-state index is 7.61. The molecule has 1 heterocycles. The number of aromatic nitrogens is 1. The Morgan fingerprint density at radius 3 is 3.17 bits per heavy atom. The molecule has 0 saturated carbocycles. The molecule has 1 rings (SSSR count). The Kier molecular flexibility index (Phi) is 3.90. The Morgan fingerprint density at radius 2 is 2.58 bits per heavy atom. The van der Waals surface area contributed by atoms with Crippen LogP contribution in [0.3, 0.4) is 0 Å². The molecule has 66 valence electrons. The van der Waals surface area contributed by atoms with Crippen molar-refractivity contribution < 1.29 is 4.74 Å². The third-order valence-electron chi connectivity index (χ3n) is 1.52. The molecule has 3 nitrogen and oxygen atoms in total. The second-order valence-electron chi connectivity index (χ2n) is 2.45. The zero-order chi connectivity index (χ0) is 8.81. The van der Waals surface area contributed by atoms with E-state index in [1.165, 1.54) is 11.3 Å². The maximum Gasteiger partial charge on any atom is 0.0946 e. The lowest BCUT2D eigenvalue weighted by atomic mass is 10.2. The minimum atomic E-state index is 0.605. The number of nitrogens with zero attached hydrogens (tertiary/aromatic N) is 1. The van der Waals surface area contributed by atoms with E-state index in [1.807, 2.05) is 5.38 Å². The molecule has 1 aromatic heterocycles. The molecule has 0 atom stereocenters. The fourth-order valence-corrected chi connectivity index (χ4v) is 1.45. The van der Waals surface area contributed by atoms with Gasteiger partial charge in [-0.25, -0.2) is 4.98 Å². The van der Waals surface area contributed by atoms with Gasteiger partial charge in [-0.3, -0.25) is 0 Å². The van der Waals surface area contributed by atoms with Crippen molar-refractivity contribution in [2.45, 2.75) is 12.8 Å². The highest BCUT2D eigenvalue weighted by Gasteiger charge is 2.01. The zero-order valence-electron chi connectivity index (χ0n) is 7.04. The van der Waals surface area contributed by atoms with E-state index in [1.54, 1.807) is 12.6 Å². The van der Waals surface area contributed by atoms with Crippen LogP contribution >= 0.6 is 11.3 Å². The van der Waals surface area contributed by atoms with Crippen LogP contribution in [0.5, 0.6) is 0 Å². The summed E-state index contributed by atoms with van der Waals surface area (Å²) in [6.45, 7) is 0.715. The van der Waals surface area contributed by atoms with E-state index >= 15 is 0 Å². The van der Waals surface area contributed by atoms with Crippen molar-refractivity contribution in [2.75, 3.05) is 13.7 Å². The summed E-state index contributed by atoms with van der Waals surface area (Å²) in [5.74, 6) is 0. The summed E-state index contributed by atoms with van der Waals surface area (Å²) in [4.78, 5) is 4.05. The van der Waals surface area contributed by atoms with E-state index < -0.39 is 0 Å². The third kappa shape index (κ3) is 2.71. The van der Waals surface area contributed by atoms with Gasteiger partial charge >= 0.3 is 0 Å². The summed E-state index contributed by atoms with van der Waals surface area (Å²) in [5.41, 5.74) is 3.16. The number of hydrogen-bond acceptors (Lipinski definition) is 4. The molecule has 0 saturated heterocycles. The first-order chi connectivity index (χ1) is 5.84. The van der Waals surface area contributed by atoms with Crippen LogP contribution < -0.4 is 0 Å². The predicted octanol–water partition coefficient (Wildman–Crippen LogP) is 1.94. The minimum Gasteiger partial charge on any atom is -0.385 e. The van der Waals surface area contributed by atoms with Crippen LogP contribution in [0.1, 0.15) is 18.5 Å². The van der Waals surface area contributed by atoms with Crippen LogP contribution in [0.15, 0.2) is 10.9 Å². The predicted molar refractivity (Wildman–Crippen MR) is 50.1 cm³/mol. The lowest BCUT2D eigenvalue weighted by molar-refractivity contribution is 0.196. The van der Waals surface area contributed by atoms with Crippen LogP contribution in [0.4, 0.5) is 0 Å². The van der Waals surface area contributed by atoms with Crippen LogP contribution in [0.25, 0.3) is 0 Å². The van der Waals surface area contributed by atoms with Crippen molar-refractivity contribution in [3.63, 3.8) is 0 Å². The molecule has 0 aromatic carbocycles. The fraction of sp³-hybridized carbons (Fsp3) is 0.500. The van der Waals surface area contributed by atoms with Crippen molar-refractivity contribution in [1.82, 2.24) is 4.98 Å². The van der Waals surface area contributed by atoms with E-state index in [0.717, 1.165) is 18.5 Å². The summed E-state index contributed by atoms with van der Waals surface area (Å²) < 4.78 is 4.90. The van der Waals surface area contributed by atoms with Crippen molar-refractivity contribution in [2.24, 2.45) is 0 Å². The third-order valence-corrected chi connectivity index (χ3v) is 2.10. The molecule has 0 aliphatic heterocycles. The standard InChI is InChI=1S/C8H12N2OS/c1-11-4-2-3-7(9)8-5-12-6-10-8/h5-6,9H,2-4H2,1H3. The van der Waals surface area contributed by atoms with Gasteiger partial charge in [-0.2, -0.15) is 0 Å². The van der Waals surface area contributed by atoms with Gasteiger partial charge in [0.2, 0.25) is 0 Å². The van der Waals surface area contributed by atoms with Gasteiger partial charge in [0.25, 0.3) is 0 Å². The van der Waals surface area contributed by atoms with Crippen LogP contribution in [-0.2, 0) is 4.74 Å². The highest BCUT2D eigenvalue weighted by atomic mass is 32.1. The average Bonchev–Trinajstić information content (AvgIpc) is 2.56. The molecular weight excluding hydrogens is 172 g/mol. The van der Waals surface area contributed by atoms with Crippen LogP contribution in [0, 0.1) is 5.41 Å². The number of rotatable bonds is 5. The van der Waals surface area contributed by atoms with Gasteiger partial charge in [0.1, 0.15) is 0 Å². The van der Waals surface area contributed by atoms with Gasteiger partial charge in [0, 0.05) is 19.1 Å². The summed E-state index contributed by atoms with van der Waals surface area (Å²) in [6.07, 6.45) is 1.64. The van der Waals surface area contributed by atoms with Gasteiger partial charge in [0.05, 0.1) is 16.9 Å². The molecule has 1 N–H and O–H groups in total. The maximum atomic E-state index is 7.61. The van der Waals surface area contributed by atoms with Crippen molar-refractivity contribution in [3.8, 4) is 0 Å². The summed E-state index contributed by atoms with van der Waals surface area (Å²) in [6, 6.07) is 0. The molecule has 0 unspecified atom stereocenters. The van der Waals surface area contributed by atoms with Gasteiger partial charge in [-0.15, -0.1) is 11.3 Å². The quantitative estimate of drug-likeness (QED) is 0.561. The first-order valence-electron chi connectivity index (χ1n) is 3.79. The summed E-state index contributed by atoms with van der Waals surface area (Å²) in [5, 5.41) is 9.51. The second kappa shape index (κ2) is 5.00. The average molecular weight is 184 g/mol. The largest absolute Gasteiger partial charge is 0.385 e. The molecule has 4 heteroatoms. The topological polar surface area (TPSA) is 46.0 Å². The molecule has 0 aliphatic carbocycles. The molecule has 12 heavy (non-hydrogen) atoms. The Morgan fingerprint density at radius 1 is 1.75 bits per heavy atom. The number of hydrogen-bond donors (Lipinski definition) is 1. The number of ether oxygens (including phenoxy) is 1. The lowest BCUT2D eigenvalue weighted by Crippen LogP contribution is -2.01. The number of methoxy groups -OCH3 is 1. The first kappa shape index (κ1) is 9.35. The number of thiazole rings is 1. The number of nitrogens with one attached hydrogen (secondary N) is 1. The van der Waals surface area contributed by atoms with E-state index in [2.05, 4.69) is 4.98 Å². The van der Waals surface area contributed by atoms with E-state index in [0.29, 0.717) is 12.3 Å². The van der Waals surface area contributed by atoms with Gasteiger partial charge < -0.3 is 10.1 Å². The second-order valence-corrected chi connectivity index (χ2v) is 3.17. The van der Waals surface area contributed by atoms with Gasteiger partial charge in [0.15, 0.2) is 0 Å². The Labute approximate surface area is 75.9 Å². The Bertz CT molecular complexity index is 233. The zero-order valence-corrected chi connectivity index (χ0v) is 7.86. The molecule has 1 aromatic rings. The van der Waals surface area contributed by atoms with E-state index in [9.17, 15) is 0 Å². The molecule has 0 aliphatic rings. The molecule has 0 bridgehead atoms. The van der Waals surface area contributed by atoms with Crippen molar-refractivity contribution in [3.05, 3.63) is 16.6 Å². The van der Waals surface area contributed by atoms with Crippen LogP contribution in [-0.4, -0.2) is 24.4 Å². The lowest BCUT2D eigenvalue weighted by Gasteiger charge is -1.98. The van der Waals surface area contributed by atoms with Crippen molar-refractivity contribution in [1.29, 1.82) is 5.41 Å². The van der Waals surface area contributed by atoms with Gasteiger partial charge in [-0.05, 0) is 12.8 Å². The minimum absolute atomic E-state index is 0.605. The van der Waals surface area contributed by atoms with E-state index in [4.69, 9.17) is 10.1 Å². The highest BCUT2D eigenvalue weighted by Crippen LogP contribution is 2.05. The molecule has 0 fully saturated rings. The van der Waals surface area contributed by atoms with Gasteiger partial charge in [-0.1, -0.05) is 0 Å². The smallest absolute Gasteiger partial charge is 0.0946 e. The SMILES string of the molecule is COCCCC(=N)c1cscn1. The Balaban J connectivity index is 2.30. The summed E-state index contributed by atoms with van der Waals surface area (Å²) in [7, 11) is 1.67. The van der Waals surface area contributed by atoms with Crippen molar-refractivity contribution >= 4 is 17.0 Å². The fourth-order valence-electron chi connectivity index (χ4n) is 0.883. The summed E-state index contributed by atoms with van der Waals surface area (Å²) >= 11 is 1.52. The molecular formula is C8H12N2OS. The Hall–Kier alpha value is -0.740. The monoisotopic (exact) mass is 184 g/mol. The molecule has 0 spiro atoms. The van der Waals surface area contributed by atoms with E-state index in [-0.39, 0.29) is 0 Å². The normalized spacial score (nSPS) is 10.1. The molecule has 0 radical (unpaired) electrons. The first-order valence-corrected chi connectivity index (χ1v) is 4.74. The highest BCUT2D eigenvalue weighted by molar-refractivity contribution is 7.07. The van der Waals surface area contributed by atoms with Crippen LogP contribution in [0.2, 0.25) is 0 Å².